The normalized spacial score (nSPS) is 38.6. The van der Waals surface area contributed by atoms with Crippen LogP contribution in [0.5, 0.6) is 0 Å². The van der Waals surface area contributed by atoms with Crippen molar-refractivity contribution in [2.75, 3.05) is 0 Å². The highest BCUT2D eigenvalue weighted by Crippen LogP contribution is 2.67. The van der Waals surface area contributed by atoms with Crippen LogP contribution in [0.2, 0.25) is 0 Å². The zero-order chi connectivity index (χ0) is 17.4. The molecule has 1 aliphatic heterocycles. The highest BCUT2D eigenvalue weighted by Gasteiger charge is 2.80. The van der Waals surface area contributed by atoms with Gasteiger partial charge in [0.25, 0.3) is 0 Å². The summed E-state index contributed by atoms with van der Waals surface area (Å²) in [6, 6.07) is 0. The number of carbonyl (C=O) groups excluding carboxylic acids is 2. The fourth-order valence-corrected chi connectivity index (χ4v) is 3.87. The number of hydrogen-bond acceptors (Lipinski definition) is 4. The van der Waals surface area contributed by atoms with Gasteiger partial charge in [0.15, 0.2) is 5.41 Å². The fraction of sp³-hybridized carbons (Fsp3) is 0.692. The maximum absolute atomic E-state index is 13.3. The lowest BCUT2D eigenvalue weighted by Gasteiger charge is -2.33. The van der Waals surface area contributed by atoms with Gasteiger partial charge in [-0.1, -0.05) is 6.58 Å². The van der Waals surface area contributed by atoms with Crippen molar-refractivity contribution in [2.45, 2.75) is 37.4 Å². The first-order chi connectivity index (χ1) is 10.4. The van der Waals surface area contributed by atoms with Crippen molar-refractivity contribution in [2.24, 2.45) is 17.3 Å². The van der Waals surface area contributed by atoms with Crippen molar-refractivity contribution in [3.05, 3.63) is 12.2 Å². The summed E-state index contributed by atoms with van der Waals surface area (Å²) in [5.74, 6) is -5.33. The predicted molar refractivity (Wildman–Crippen MR) is 59.7 cm³/mol. The first-order valence-electron chi connectivity index (χ1n) is 6.64. The Morgan fingerprint density at radius 3 is 2.39 bits per heavy atom. The van der Waals surface area contributed by atoms with Crippen LogP contribution in [0.4, 0.5) is 26.3 Å². The van der Waals surface area contributed by atoms with E-state index >= 15 is 0 Å². The molecule has 3 fully saturated rings. The van der Waals surface area contributed by atoms with E-state index in [4.69, 9.17) is 4.74 Å². The molecule has 3 aliphatic rings. The summed E-state index contributed by atoms with van der Waals surface area (Å²) in [5.41, 5.74) is -4.39. The summed E-state index contributed by atoms with van der Waals surface area (Å²) in [5, 5.41) is 0. The molecule has 0 N–H and O–H groups in total. The minimum absolute atomic E-state index is 0.0909. The van der Waals surface area contributed by atoms with E-state index < -0.39 is 65.7 Å². The third-order valence-electron chi connectivity index (χ3n) is 4.90. The van der Waals surface area contributed by atoms with Crippen molar-refractivity contribution in [1.29, 1.82) is 0 Å². The molecule has 2 bridgehead atoms. The number of halogens is 6. The van der Waals surface area contributed by atoms with Gasteiger partial charge in [-0.3, -0.25) is 4.79 Å². The van der Waals surface area contributed by atoms with Gasteiger partial charge in [0.2, 0.25) is 0 Å². The zero-order valence-corrected chi connectivity index (χ0v) is 11.3. The van der Waals surface area contributed by atoms with Gasteiger partial charge in [-0.2, -0.15) is 26.3 Å². The SMILES string of the molecule is C=C(C(=O)OC1C2CC3C1OC(=O)C3(C(F)(F)F)C2)C(F)(F)F. The maximum atomic E-state index is 13.3. The van der Waals surface area contributed by atoms with Crippen LogP contribution in [0.3, 0.4) is 0 Å². The first kappa shape index (κ1) is 16.1. The van der Waals surface area contributed by atoms with Crippen molar-refractivity contribution in [3.63, 3.8) is 0 Å². The molecule has 0 aromatic carbocycles. The molecule has 23 heavy (non-hydrogen) atoms. The van der Waals surface area contributed by atoms with Crippen LogP contribution in [-0.2, 0) is 19.1 Å². The van der Waals surface area contributed by atoms with Crippen molar-refractivity contribution in [1.82, 2.24) is 0 Å². The van der Waals surface area contributed by atoms with Gasteiger partial charge >= 0.3 is 24.3 Å². The van der Waals surface area contributed by atoms with E-state index in [-0.39, 0.29) is 6.42 Å². The van der Waals surface area contributed by atoms with E-state index in [0.29, 0.717) is 0 Å². The smallest absolute Gasteiger partial charge is 0.422 e. The quantitative estimate of drug-likeness (QED) is 0.439. The van der Waals surface area contributed by atoms with E-state index in [2.05, 4.69) is 11.3 Å². The molecule has 1 saturated heterocycles. The van der Waals surface area contributed by atoms with E-state index in [1.807, 2.05) is 0 Å². The maximum Gasteiger partial charge on any atom is 0.422 e. The summed E-state index contributed by atoms with van der Waals surface area (Å²) in [6.07, 6.45) is -13.2. The summed E-state index contributed by atoms with van der Waals surface area (Å²) in [4.78, 5) is 23.2. The predicted octanol–water partition coefficient (Wildman–Crippen LogP) is 2.53. The highest BCUT2D eigenvalue weighted by molar-refractivity contribution is 5.89. The molecule has 0 spiro atoms. The molecule has 0 aromatic rings. The van der Waals surface area contributed by atoms with Crippen LogP contribution < -0.4 is 0 Å². The second-order valence-corrected chi connectivity index (χ2v) is 5.99. The minimum atomic E-state index is -5.00. The molecule has 10 heteroatoms. The Bertz CT molecular complexity index is 594. The van der Waals surface area contributed by atoms with Crippen LogP contribution in [-0.4, -0.2) is 36.5 Å². The lowest BCUT2D eigenvalue weighted by Crippen LogP contribution is -2.48. The molecule has 5 unspecified atom stereocenters. The number of alkyl halides is 6. The number of rotatable bonds is 2. The summed E-state index contributed by atoms with van der Waals surface area (Å²) >= 11 is 0. The van der Waals surface area contributed by atoms with Gasteiger partial charge in [0, 0.05) is 11.8 Å². The fourth-order valence-electron chi connectivity index (χ4n) is 3.87. The monoisotopic (exact) mass is 344 g/mol. The molecule has 2 aliphatic carbocycles. The second-order valence-electron chi connectivity index (χ2n) is 5.99. The Hall–Kier alpha value is -1.74. The number of carbonyl (C=O) groups is 2. The van der Waals surface area contributed by atoms with E-state index in [9.17, 15) is 35.9 Å². The number of hydrogen-bond donors (Lipinski definition) is 0. The number of fused-ring (bicyclic) bond motifs is 1. The lowest BCUT2D eigenvalue weighted by atomic mass is 9.73. The molecular weight excluding hydrogens is 334 g/mol. The molecule has 0 radical (unpaired) electrons. The van der Waals surface area contributed by atoms with E-state index in [1.165, 1.54) is 0 Å². The molecule has 0 aromatic heterocycles. The van der Waals surface area contributed by atoms with Crippen molar-refractivity contribution >= 4 is 11.9 Å². The molecular formula is C13H10F6O4. The molecule has 0 amide bonds. The first-order valence-corrected chi connectivity index (χ1v) is 6.64. The lowest BCUT2D eigenvalue weighted by molar-refractivity contribution is -0.231. The van der Waals surface area contributed by atoms with Gasteiger partial charge in [0.05, 0.1) is 0 Å². The third-order valence-corrected chi connectivity index (χ3v) is 4.90. The summed E-state index contributed by atoms with van der Waals surface area (Å²) in [7, 11) is 0. The average molecular weight is 344 g/mol. The van der Waals surface area contributed by atoms with E-state index in [1.54, 1.807) is 0 Å². The summed E-state index contributed by atoms with van der Waals surface area (Å²) < 4.78 is 86.3. The standard InChI is InChI=1S/C13H10F6O4/c1-4(12(14,15)16)9(20)22-7-5-2-6-8(7)23-10(21)11(6,3-5)13(17,18)19/h5-8H,1-3H2. The Kier molecular flexibility index (Phi) is 3.10. The van der Waals surface area contributed by atoms with Gasteiger partial charge < -0.3 is 9.47 Å². The van der Waals surface area contributed by atoms with Crippen LogP contribution in [0.25, 0.3) is 0 Å². The Morgan fingerprint density at radius 2 is 1.87 bits per heavy atom. The molecule has 2 saturated carbocycles. The average Bonchev–Trinajstić information content (AvgIpc) is 2.98. The molecule has 1 heterocycles. The zero-order valence-electron chi connectivity index (χ0n) is 11.3. The second kappa shape index (κ2) is 4.41. The molecule has 3 rings (SSSR count). The third kappa shape index (κ3) is 1.99. The Morgan fingerprint density at radius 1 is 1.26 bits per heavy atom. The largest absolute Gasteiger partial charge is 0.457 e. The van der Waals surface area contributed by atoms with Crippen LogP contribution in [0.1, 0.15) is 12.8 Å². The Labute approximate surface area is 125 Å². The van der Waals surface area contributed by atoms with Gasteiger partial charge in [-0.25, -0.2) is 4.79 Å². The highest BCUT2D eigenvalue weighted by atomic mass is 19.4. The van der Waals surface area contributed by atoms with E-state index in [0.717, 1.165) is 0 Å². The van der Waals surface area contributed by atoms with Gasteiger partial charge in [0.1, 0.15) is 17.8 Å². The van der Waals surface area contributed by atoms with Crippen molar-refractivity contribution in [3.8, 4) is 0 Å². The minimum Gasteiger partial charge on any atom is -0.457 e. The van der Waals surface area contributed by atoms with Crippen LogP contribution >= 0.6 is 0 Å². The molecule has 4 nitrogen and oxygen atoms in total. The molecule has 5 atom stereocenters. The van der Waals surface area contributed by atoms with Gasteiger partial charge in [-0.05, 0) is 12.8 Å². The van der Waals surface area contributed by atoms with Crippen molar-refractivity contribution < 1.29 is 45.4 Å². The van der Waals surface area contributed by atoms with Crippen LogP contribution in [0, 0.1) is 17.3 Å². The molecule has 128 valence electrons. The summed E-state index contributed by atoms with van der Waals surface area (Å²) in [6.45, 7) is 2.57. The number of ether oxygens (including phenoxy) is 2. The van der Waals surface area contributed by atoms with Gasteiger partial charge in [-0.15, -0.1) is 0 Å². The Balaban J connectivity index is 1.81. The number of esters is 2. The topological polar surface area (TPSA) is 52.6 Å². The van der Waals surface area contributed by atoms with Crippen LogP contribution in [0.15, 0.2) is 12.2 Å².